The van der Waals surface area contributed by atoms with Gasteiger partial charge in [-0.05, 0) is 38.9 Å². The highest BCUT2D eigenvalue weighted by Gasteiger charge is 2.41. The van der Waals surface area contributed by atoms with Crippen LogP contribution in [0.2, 0.25) is 0 Å². The fourth-order valence-electron chi connectivity index (χ4n) is 3.26. The van der Waals surface area contributed by atoms with Gasteiger partial charge in [0.25, 0.3) is 0 Å². The van der Waals surface area contributed by atoms with Crippen molar-refractivity contribution in [1.29, 1.82) is 0 Å². The molecule has 6 heteroatoms. The van der Waals surface area contributed by atoms with Gasteiger partial charge in [0.15, 0.2) is 0 Å². The largest absolute Gasteiger partial charge is 0.494 e. The summed E-state index contributed by atoms with van der Waals surface area (Å²) in [6.07, 6.45) is 1.63. The molecule has 1 aliphatic heterocycles. The molecule has 2 rings (SSSR count). The van der Waals surface area contributed by atoms with Crippen molar-refractivity contribution in [2.45, 2.75) is 26.3 Å². The van der Waals surface area contributed by atoms with E-state index in [1.165, 1.54) is 0 Å². The SMILES string of the molecule is CCOc1ccccc1CN(C)C(=O)C1(COC)CCNCC1.Cl. The number of carbonyl (C=O) groups is 1. The third-order valence-corrected chi connectivity index (χ3v) is 4.46. The summed E-state index contributed by atoms with van der Waals surface area (Å²) < 4.78 is 11.0. The highest BCUT2D eigenvalue weighted by Crippen LogP contribution is 2.32. The van der Waals surface area contributed by atoms with E-state index in [0.717, 1.165) is 37.2 Å². The second-order valence-electron chi connectivity index (χ2n) is 6.17. The predicted octanol–water partition coefficient (Wildman–Crippen LogP) is 2.48. The molecule has 1 aromatic carbocycles. The van der Waals surface area contributed by atoms with Gasteiger partial charge in [0, 0.05) is 26.3 Å². The van der Waals surface area contributed by atoms with Gasteiger partial charge in [-0.3, -0.25) is 4.79 Å². The first-order valence-corrected chi connectivity index (χ1v) is 8.29. The number of hydrogen-bond donors (Lipinski definition) is 1. The number of piperidine rings is 1. The minimum atomic E-state index is -0.407. The molecule has 0 atom stereocenters. The summed E-state index contributed by atoms with van der Waals surface area (Å²) >= 11 is 0. The molecule has 0 aromatic heterocycles. The minimum Gasteiger partial charge on any atom is -0.494 e. The zero-order chi connectivity index (χ0) is 16.7. The molecule has 24 heavy (non-hydrogen) atoms. The van der Waals surface area contributed by atoms with Crippen molar-refractivity contribution in [3.63, 3.8) is 0 Å². The molecule has 1 heterocycles. The van der Waals surface area contributed by atoms with Crippen molar-refractivity contribution >= 4 is 18.3 Å². The maximum absolute atomic E-state index is 13.1. The molecule has 5 nitrogen and oxygen atoms in total. The number of rotatable bonds is 7. The first-order chi connectivity index (χ1) is 11.1. The Balaban J connectivity index is 0.00000288. The van der Waals surface area contributed by atoms with E-state index in [0.29, 0.717) is 19.8 Å². The van der Waals surface area contributed by atoms with Crippen LogP contribution in [0.3, 0.4) is 0 Å². The van der Waals surface area contributed by atoms with E-state index < -0.39 is 5.41 Å². The molecule has 1 N–H and O–H groups in total. The van der Waals surface area contributed by atoms with E-state index in [4.69, 9.17) is 9.47 Å². The normalized spacial score (nSPS) is 16.1. The number of nitrogens with zero attached hydrogens (tertiary/aromatic N) is 1. The number of para-hydroxylation sites is 1. The highest BCUT2D eigenvalue weighted by atomic mass is 35.5. The summed E-state index contributed by atoms with van der Waals surface area (Å²) in [5, 5.41) is 3.32. The smallest absolute Gasteiger partial charge is 0.231 e. The lowest BCUT2D eigenvalue weighted by atomic mass is 9.78. The molecule has 0 spiro atoms. The lowest BCUT2D eigenvalue weighted by Gasteiger charge is -2.38. The lowest BCUT2D eigenvalue weighted by Crippen LogP contribution is -2.50. The molecule has 0 bridgehead atoms. The standard InChI is InChI=1S/C18H28N2O3.ClH/c1-4-23-16-8-6-5-7-15(16)13-20(2)17(21)18(14-22-3)9-11-19-12-10-18;/h5-8,19H,4,9-14H2,1-3H3;1H. The third-order valence-electron chi connectivity index (χ3n) is 4.46. The average Bonchev–Trinajstić information content (AvgIpc) is 2.57. The van der Waals surface area contributed by atoms with E-state index >= 15 is 0 Å². The van der Waals surface area contributed by atoms with Gasteiger partial charge in [-0.25, -0.2) is 0 Å². The fraction of sp³-hybridized carbons (Fsp3) is 0.611. The zero-order valence-corrected chi connectivity index (χ0v) is 15.7. The number of halogens is 1. The molecule has 0 saturated carbocycles. The van der Waals surface area contributed by atoms with Gasteiger partial charge in [-0.15, -0.1) is 12.4 Å². The van der Waals surface area contributed by atoms with Crippen LogP contribution in [-0.2, 0) is 16.1 Å². The Labute approximate surface area is 151 Å². The number of nitrogens with one attached hydrogen (secondary N) is 1. The van der Waals surface area contributed by atoms with Crippen LogP contribution in [-0.4, -0.2) is 51.3 Å². The number of amides is 1. The van der Waals surface area contributed by atoms with Gasteiger partial charge in [0.2, 0.25) is 5.91 Å². The molecular weight excluding hydrogens is 328 g/mol. The molecule has 1 amide bonds. The molecule has 1 fully saturated rings. The number of ether oxygens (including phenoxy) is 2. The van der Waals surface area contributed by atoms with Crippen LogP contribution >= 0.6 is 12.4 Å². The Hall–Kier alpha value is -1.30. The van der Waals surface area contributed by atoms with E-state index in [2.05, 4.69) is 5.32 Å². The first-order valence-electron chi connectivity index (χ1n) is 8.29. The topological polar surface area (TPSA) is 50.8 Å². The number of hydrogen-bond acceptors (Lipinski definition) is 4. The maximum atomic E-state index is 13.1. The summed E-state index contributed by atoms with van der Waals surface area (Å²) in [4.78, 5) is 14.9. The number of methoxy groups -OCH3 is 1. The number of carbonyl (C=O) groups excluding carboxylic acids is 1. The van der Waals surface area contributed by atoms with Crippen LogP contribution < -0.4 is 10.1 Å². The summed E-state index contributed by atoms with van der Waals surface area (Å²) in [5.41, 5.74) is 0.627. The zero-order valence-electron chi connectivity index (χ0n) is 14.8. The third kappa shape index (κ3) is 4.85. The van der Waals surface area contributed by atoms with Crippen molar-refractivity contribution in [3.05, 3.63) is 29.8 Å². The second-order valence-corrected chi connectivity index (χ2v) is 6.17. The van der Waals surface area contributed by atoms with Gasteiger partial charge in [-0.1, -0.05) is 18.2 Å². The summed E-state index contributed by atoms with van der Waals surface area (Å²) in [6, 6.07) is 7.90. The Kier molecular flexibility index (Phi) is 8.53. The lowest BCUT2D eigenvalue weighted by molar-refractivity contribution is -0.146. The molecule has 1 saturated heterocycles. The predicted molar refractivity (Wildman–Crippen MR) is 97.7 cm³/mol. The summed E-state index contributed by atoms with van der Waals surface area (Å²) in [6.45, 7) is 5.33. The molecular formula is C18H29ClN2O3. The van der Waals surface area contributed by atoms with Gasteiger partial charge in [0.1, 0.15) is 5.75 Å². The quantitative estimate of drug-likeness (QED) is 0.815. The van der Waals surface area contributed by atoms with Crippen molar-refractivity contribution in [3.8, 4) is 5.75 Å². The van der Waals surface area contributed by atoms with E-state index in [9.17, 15) is 4.79 Å². The van der Waals surface area contributed by atoms with E-state index in [1.807, 2.05) is 43.1 Å². The van der Waals surface area contributed by atoms with Crippen molar-refractivity contribution in [2.24, 2.45) is 5.41 Å². The molecule has 0 unspecified atom stereocenters. The van der Waals surface area contributed by atoms with Crippen LogP contribution in [0.15, 0.2) is 24.3 Å². The van der Waals surface area contributed by atoms with Gasteiger partial charge < -0.3 is 19.7 Å². The molecule has 0 radical (unpaired) electrons. The average molecular weight is 357 g/mol. The molecule has 1 aromatic rings. The van der Waals surface area contributed by atoms with Crippen LogP contribution in [0.5, 0.6) is 5.75 Å². The Morgan fingerprint density at radius 3 is 2.58 bits per heavy atom. The van der Waals surface area contributed by atoms with Crippen LogP contribution in [0.25, 0.3) is 0 Å². The monoisotopic (exact) mass is 356 g/mol. The first kappa shape index (κ1) is 20.7. The van der Waals surface area contributed by atoms with Crippen LogP contribution in [0.1, 0.15) is 25.3 Å². The highest BCUT2D eigenvalue weighted by molar-refractivity contribution is 5.85. The Morgan fingerprint density at radius 2 is 1.96 bits per heavy atom. The Bertz CT molecular complexity index is 513. The van der Waals surface area contributed by atoms with Crippen molar-refractivity contribution in [1.82, 2.24) is 10.2 Å². The summed E-state index contributed by atoms with van der Waals surface area (Å²) in [7, 11) is 3.53. The molecule has 0 aliphatic carbocycles. The second kappa shape index (κ2) is 9.87. The van der Waals surface area contributed by atoms with Crippen molar-refractivity contribution < 1.29 is 14.3 Å². The van der Waals surface area contributed by atoms with Gasteiger partial charge in [-0.2, -0.15) is 0 Å². The maximum Gasteiger partial charge on any atom is 0.231 e. The minimum absolute atomic E-state index is 0. The van der Waals surface area contributed by atoms with E-state index in [-0.39, 0.29) is 18.3 Å². The van der Waals surface area contributed by atoms with E-state index in [1.54, 1.807) is 7.11 Å². The van der Waals surface area contributed by atoms with Gasteiger partial charge >= 0.3 is 0 Å². The van der Waals surface area contributed by atoms with Crippen molar-refractivity contribution in [2.75, 3.05) is 40.5 Å². The summed E-state index contributed by atoms with van der Waals surface area (Å²) in [5.74, 6) is 1.01. The van der Waals surface area contributed by atoms with Gasteiger partial charge in [0.05, 0.1) is 18.6 Å². The number of benzene rings is 1. The fourth-order valence-corrected chi connectivity index (χ4v) is 3.26. The van der Waals surface area contributed by atoms with Crippen LogP contribution in [0, 0.1) is 5.41 Å². The Morgan fingerprint density at radius 1 is 1.29 bits per heavy atom. The van der Waals surface area contributed by atoms with Crippen LogP contribution in [0.4, 0.5) is 0 Å². The molecule has 136 valence electrons. The molecule has 1 aliphatic rings.